The molecule has 1 aromatic heterocycles. The molecule has 1 heterocycles. The lowest BCUT2D eigenvalue weighted by Gasteiger charge is -2.05. The minimum Gasteiger partial charge on any atom is -0.497 e. The summed E-state index contributed by atoms with van der Waals surface area (Å²) in [6, 6.07) is 4.86. The molecule has 2 aromatic rings. The normalized spacial score (nSPS) is 11.7. The first-order valence-corrected chi connectivity index (χ1v) is 5.94. The summed E-state index contributed by atoms with van der Waals surface area (Å²) in [6.45, 7) is 0. The first kappa shape index (κ1) is 13.9. The molecule has 0 aliphatic carbocycles. The Labute approximate surface area is 116 Å². The van der Waals surface area contributed by atoms with Gasteiger partial charge in [-0.2, -0.15) is 4.98 Å². The van der Waals surface area contributed by atoms with Gasteiger partial charge in [-0.05, 0) is 12.1 Å². The van der Waals surface area contributed by atoms with Crippen molar-refractivity contribution < 1.29 is 14.0 Å². The zero-order chi connectivity index (χ0) is 14.5. The average Bonchev–Trinajstić information content (AvgIpc) is 2.97. The molecule has 2 rings (SSSR count). The third-order valence-electron chi connectivity index (χ3n) is 2.71. The molecule has 0 bridgehead atoms. The molecule has 104 valence electrons. The summed E-state index contributed by atoms with van der Waals surface area (Å²) in [4.78, 5) is 4.24. The summed E-state index contributed by atoms with van der Waals surface area (Å²) in [5.74, 6) is 4.45. The maximum absolute atomic E-state index is 5.82. The lowest BCUT2D eigenvalue weighted by Crippen LogP contribution is -2.09. The van der Waals surface area contributed by atoms with Gasteiger partial charge in [0.05, 0.1) is 20.3 Å². The number of benzene rings is 1. The van der Waals surface area contributed by atoms with Crippen LogP contribution in [0.4, 0.5) is 0 Å². The number of nitrogens with two attached hydrogens (primary N) is 1. The maximum atomic E-state index is 5.82. The van der Waals surface area contributed by atoms with Crippen LogP contribution in [0.5, 0.6) is 11.5 Å². The van der Waals surface area contributed by atoms with Gasteiger partial charge in [-0.15, -0.1) is 12.3 Å². The molecule has 6 heteroatoms. The SMILES string of the molecule is C#CCC(N)c1nc(-c2cc(OC)cc(OC)c2)no1. The van der Waals surface area contributed by atoms with Gasteiger partial charge in [0.1, 0.15) is 11.5 Å². The molecular weight excluding hydrogens is 258 g/mol. The fraction of sp³-hybridized carbons (Fsp3) is 0.286. The van der Waals surface area contributed by atoms with Crippen LogP contribution in [0.1, 0.15) is 18.4 Å². The standard InChI is InChI=1S/C14H15N3O3/c1-4-5-12(15)14-16-13(17-20-14)9-6-10(18-2)8-11(7-9)19-3/h1,6-8,12H,5,15H2,2-3H3. The summed E-state index contributed by atoms with van der Waals surface area (Å²) in [6.07, 6.45) is 5.54. The molecular formula is C14H15N3O3. The van der Waals surface area contributed by atoms with E-state index in [1.165, 1.54) is 0 Å². The Morgan fingerprint density at radius 2 is 1.95 bits per heavy atom. The number of nitrogens with zero attached hydrogens (tertiary/aromatic N) is 2. The van der Waals surface area contributed by atoms with Crippen molar-refractivity contribution in [3.63, 3.8) is 0 Å². The summed E-state index contributed by atoms with van der Waals surface area (Å²) in [5.41, 5.74) is 6.53. The topological polar surface area (TPSA) is 83.4 Å². The molecule has 20 heavy (non-hydrogen) atoms. The second-order valence-electron chi connectivity index (χ2n) is 4.07. The molecule has 0 saturated carbocycles. The zero-order valence-electron chi connectivity index (χ0n) is 11.3. The Morgan fingerprint density at radius 3 is 2.50 bits per heavy atom. The largest absolute Gasteiger partial charge is 0.497 e. The van der Waals surface area contributed by atoms with E-state index in [4.69, 9.17) is 26.2 Å². The lowest BCUT2D eigenvalue weighted by atomic mass is 10.2. The molecule has 0 amide bonds. The van der Waals surface area contributed by atoms with E-state index in [9.17, 15) is 0 Å². The molecule has 1 atom stereocenters. The van der Waals surface area contributed by atoms with Crippen molar-refractivity contribution in [3.8, 4) is 35.2 Å². The quantitative estimate of drug-likeness (QED) is 0.836. The Bertz CT molecular complexity index is 609. The van der Waals surface area contributed by atoms with E-state index in [-0.39, 0.29) is 0 Å². The molecule has 0 fully saturated rings. The highest BCUT2D eigenvalue weighted by atomic mass is 16.5. The number of ether oxygens (including phenoxy) is 2. The number of terminal acetylenes is 1. The number of aromatic nitrogens is 2. The van der Waals surface area contributed by atoms with Crippen molar-refractivity contribution in [2.45, 2.75) is 12.5 Å². The van der Waals surface area contributed by atoms with Crippen LogP contribution in [0.25, 0.3) is 11.4 Å². The molecule has 2 N–H and O–H groups in total. The molecule has 1 unspecified atom stereocenters. The smallest absolute Gasteiger partial charge is 0.244 e. The van der Waals surface area contributed by atoms with Gasteiger partial charge in [0.15, 0.2) is 0 Å². The highest BCUT2D eigenvalue weighted by Crippen LogP contribution is 2.28. The molecule has 0 saturated heterocycles. The van der Waals surface area contributed by atoms with Crippen molar-refractivity contribution in [2.24, 2.45) is 5.73 Å². The molecule has 0 radical (unpaired) electrons. The van der Waals surface area contributed by atoms with Crippen LogP contribution in [0, 0.1) is 12.3 Å². The van der Waals surface area contributed by atoms with Crippen LogP contribution < -0.4 is 15.2 Å². The van der Waals surface area contributed by atoms with Gasteiger partial charge in [-0.3, -0.25) is 0 Å². The summed E-state index contributed by atoms with van der Waals surface area (Å²) in [7, 11) is 3.14. The van der Waals surface area contributed by atoms with E-state index in [0.717, 1.165) is 0 Å². The predicted octanol–water partition coefficient (Wildman–Crippen LogP) is 1.78. The lowest BCUT2D eigenvalue weighted by molar-refractivity contribution is 0.356. The summed E-state index contributed by atoms with van der Waals surface area (Å²) < 4.78 is 15.5. The van der Waals surface area contributed by atoms with Crippen molar-refractivity contribution in [1.82, 2.24) is 10.1 Å². The molecule has 0 aliphatic heterocycles. The van der Waals surface area contributed by atoms with E-state index in [1.807, 2.05) is 0 Å². The zero-order valence-corrected chi connectivity index (χ0v) is 11.3. The maximum Gasteiger partial charge on any atom is 0.244 e. The van der Waals surface area contributed by atoms with Gasteiger partial charge >= 0.3 is 0 Å². The Kier molecular flexibility index (Phi) is 4.23. The fourth-order valence-corrected chi connectivity index (χ4v) is 1.65. The van der Waals surface area contributed by atoms with Crippen molar-refractivity contribution in [1.29, 1.82) is 0 Å². The van der Waals surface area contributed by atoms with Crippen LogP contribution in [-0.2, 0) is 0 Å². The number of rotatable bonds is 5. The van der Waals surface area contributed by atoms with Crippen LogP contribution in [0.15, 0.2) is 22.7 Å². The van der Waals surface area contributed by atoms with Gasteiger partial charge < -0.3 is 19.7 Å². The average molecular weight is 273 g/mol. The Morgan fingerprint density at radius 1 is 1.30 bits per heavy atom. The highest BCUT2D eigenvalue weighted by Gasteiger charge is 2.16. The monoisotopic (exact) mass is 273 g/mol. The second-order valence-corrected chi connectivity index (χ2v) is 4.07. The van der Waals surface area contributed by atoms with Gasteiger partial charge in [-0.1, -0.05) is 5.16 Å². The molecule has 0 spiro atoms. The number of methoxy groups -OCH3 is 2. The summed E-state index contributed by atoms with van der Waals surface area (Å²) in [5, 5.41) is 3.89. The van der Waals surface area contributed by atoms with Gasteiger partial charge in [0, 0.05) is 18.1 Å². The Hall–Kier alpha value is -2.52. The highest BCUT2D eigenvalue weighted by molar-refractivity contribution is 5.60. The first-order chi connectivity index (χ1) is 9.67. The van der Waals surface area contributed by atoms with E-state index in [2.05, 4.69) is 16.1 Å². The van der Waals surface area contributed by atoms with Crippen molar-refractivity contribution >= 4 is 0 Å². The third-order valence-corrected chi connectivity index (χ3v) is 2.71. The Balaban J connectivity index is 2.34. The first-order valence-electron chi connectivity index (χ1n) is 5.94. The van der Waals surface area contributed by atoms with Crippen LogP contribution in [-0.4, -0.2) is 24.4 Å². The van der Waals surface area contributed by atoms with Crippen molar-refractivity contribution in [3.05, 3.63) is 24.1 Å². The van der Waals surface area contributed by atoms with Crippen LogP contribution in [0.2, 0.25) is 0 Å². The third kappa shape index (κ3) is 2.90. The second kappa shape index (κ2) is 6.08. The van der Waals surface area contributed by atoms with E-state index in [1.54, 1.807) is 32.4 Å². The van der Waals surface area contributed by atoms with Gasteiger partial charge in [0.2, 0.25) is 11.7 Å². The number of hydrogen-bond donors (Lipinski definition) is 1. The van der Waals surface area contributed by atoms with Gasteiger partial charge in [-0.25, -0.2) is 0 Å². The molecule has 6 nitrogen and oxygen atoms in total. The molecule has 0 aliphatic rings. The predicted molar refractivity (Wildman–Crippen MR) is 73.2 cm³/mol. The minimum absolute atomic E-state index is 0.305. The molecule has 1 aromatic carbocycles. The number of hydrogen-bond acceptors (Lipinski definition) is 6. The van der Waals surface area contributed by atoms with E-state index < -0.39 is 6.04 Å². The van der Waals surface area contributed by atoms with Crippen LogP contribution >= 0.6 is 0 Å². The van der Waals surface area contributed by atoms with Crippen LogP contribution in [0.3, 0.4) is 0 Å². The minimum atomic E-state index is -0.464. The van der Waals surface area contributed by atoms with E-state index >= 15 is 0 Å². The fourth-order valence-electron chi connectivity index (χ4n) is 1.65. The van der Waals surface area contributed by atoms with Crippen molar-refractivity contribution in [2.75, 3.05) is 14.2 Å². The summed E-state index contributed by atoms with van der Waals surface area (Å²) >= 11 is 0. The van der Waals surface area contributed by atoms with Gasteiger partial charge in [0.25, 0.3) is 0 Å². The van der Waals surface area contributed by atoms with E-state index in [0.29, 0.717) is 35.2 Å².